The summed E-state index contributed by atoms with van der Waals surface area (Å²) in [5.41, 5.74) is 5.23. The molecule has 5 nitrogen and oxygen atoms in total. The van der Waals surface area contributed by atoms with Crippen LogP contribution in [0.2, 0.25) is 0 Å². The zero-order chi connectivity index (χ0) is 11.7. The van der Waals surface area contributed by atoms with Gasteiger partial charge in [-0.15, -0.1) is 0 Å². The molecule has 0 amide bonds. The Labute approximate surface area is 91.2 Å². The Balaban J connectivity index is 3.52. The monoisotopic (exact) mass is 221 g/mol. The van der Waals surface area contributed by atoms with E-state index in [1.165, 1.54) is 0 Å². The van der Waals surface area contributed by atoms with Crippen molar-refractivity contribution in [1.82, 2.24) is 0 Å². The molecular weight excluding hydrogens is 198 g/mol. The molecule has 5 heteroatoms. The summed E-state index contributed by atoms with van der Waals surface area (Å²) < 4.78 is 10.6. The molecule has 0 bridgehead atoms. The van der Waals surface area contributed by atoms with E-state index in [1.807, 2.05) is 6.92 Å². The predicted molar refractivity (Wildman–Crippen MR) is 57.6 cm³/mol. The second-order valence-corrected chi connectivity index (χ2v) is 3.64. The van der Waals surface area contributed by atoms with E-state index in [0.717, 1.165) is 6.42 Å². The van der Waals surface area contributed by atoms with Crippen LogP contribution in [0.4, 0.5) is 0 Å². The molecule has 0 heterocycles. The zero-order valence-electron chi connectivity index (χ0n) is 9.56. The van der Waals surface area contributed by atoms with Crippen LogP contribution in [0, 0.1) is 0 Å². The molecule has 0 aliphatic carbocycles. The average molecular weight is 221 g/mol. The van der Waals surface area contributed by atoms with Gasteiger partial charge in [-0.2, -0.15) is 0 Å². The quantitative estimate of drug-likeness (QED) is 0.489. The van der Waals surface area contributed by atoms with E-state index in [2.05, 4.69) is 0 Å². The molecule has 0 radical (unpaired) electrons. The maximum Gasteiger partial charge on any atom is 0.0895 e. The molecular formula is C10H23NO4. The lowest BCUT2D eigenvalue weighted by atomic mass is 10.3. The van der Waals surface area contributed by atoms with Crippen molar-refractivity contribution in [2.75, 3.05) is 26.4 Å². The Morgan fingerprint density at radius 1 is 1.20 bits per heavy atom. The molecule has 3 atom stereocenters. The van der Waals surface area contributed by atoms with Crippen LogP contribution in [0.1, 0.15) is 20.3 Å². The largest absolute Gasteiger partial charge is 0.391 e. The van der Waals surface area contributed by atoms with E-state index in [4.69, 9.17) is 25.4 Å². The fourth-order valence-corrected chi connectivity index (χ4v) is 0.963. The molecule has 0 aromatic heterocycles. The first-order valence-corrected chi connectivity index (χ1v) is 5.35. The number of hydrogen-bond donors (Lipinski definition) is 3. The van der Waals surface area contributed by atoms with Crippen molar-refractivity contribution in [3.63, 3.8) is 0 Å². The first-order chi connectivity index (χ1) is 7.10. The summed E-state index contributed by atoms with van der Waals surface area (Å²) in [4.78, 5) is 0. The first kappa shape index (κ1) is 14.8. The zero-order valence-corrected chi connectivity index (χ0v) is 9.56. The maximum atomic E-state index is 9.13. The Hall–Kier alpha value is -0.200. The van der Waals surface area contributed by atoms with E-state index in [9.17, 15) is 0 Å². The van der Waals surface area contributed by atoms with Crippen LogP contribution < -0.4 is 5.73 Å². The van der Waals surface area contributed by atoms with Crippen molar-refractivity contribution in [2.24, 2.45) is 5.73 Å². The molecule has 0 aromatic rings. The van der Waals surface area contributed by atoms with Crippen molar-refractivity contribution in [3.05, 3.63) is 0 Å². The fraction of sp³-hybridized carbons (Fsp3) is 1.00. The summed E-state index contributed by atoms with van der Waals surface area (Å²) in [6.07, 6.45) is -0.302. The molecule has 0 saturated carbocycles. The minimum absolute atomic E-state index is 0.0374. The highest BCUT2D eigenvalue weighted by Gasteiger charge is 2.09. The van der Waals surface area contributed by atoms with Crippen molar-refractivity contribution in [3.8, 4) is 0 Å². The second kappa shape index (κ2) is 9.06. The number of aliphatic hydroxyl groups is 2. The van der Waals surface area contributed by atoms with Gasteiger partial charge in [-0.1, -0.05) is 6.92 Å². The Kier molecular flexibility index (Phi) is 8.94. The number of rotatable bonds is 9. The lowest BCUT2D eigenvalue weighted by molar-refractivity contribution is -0.0585. The first-order valence-electron chi connectivity index (χ1n) is 5.35. The van der Waals surface area contributed by atoms with Gasteiger partial charge in [-0.05, 0) is 13.3 Å². The SMILES string of the molecule is CCC(COCC(O)CN)OCC(C)O. The highest BCUT2D eigenvalue weighted by molar-refractivity contribution is 4.58. The second-order valence-electron chi connectivity index (χ2n) is 3.64. The normalized spacial score (nSPS) is 17.4. The third kappa shape index (κ3) is 8.77. The van der Waals surface area contributed by atoms with Crippen molar-refractivity contribution in [2.45, 2.75) is 38.6 Å². The topological polar surface area (TPSA) is 84.9 Å². The third-order valence-corrected chi connectivity index (χ3v) is 1.91. The molecule has 0 aliphatic heterocycles. The van der Waals surface area contributed by atoms with Crippen LogP contribution in [-0.4, -0.2) is 54.9 Å². The highest BCUT2D eigenvalue weighted by atomic mass is 16.5. The predicted octanol–water partition coefficient (Wildman–Crippen LogP) is -0.501. The molecule has 3 unspecified atom stereocenters. The van der Waals surface area contributed by atoms with Crippen LogP contribution in [0.3, 0.4) is 0 Å². The summed E-state index contributed by atoms with van der Waals surface area (Å²) in [5, 5.41) is 18.2. The Bertz CT molecular complexity index is 143. The van der Waals surface area contributed by atoms with Gasteiger partial charge in [0.2, 0.25) is 0 Å². The molecule has 0 rings (SSSR count). The number of ether oxygens (including phenoxy) is 2. The van der Waals surface area contributed by atoms with E-state index in [1.54, 1.807) is 6.92 Å². The summed E-state index contributed by atoms with van der Waals surface area (Å²) in [7, 11) is 0. The summed E-state index contributed by atoms with van der Waals surface area (Å²) in [5.74, 6) is 0. The lowest BCUT2D eigenvalue weighted by Gasteiger charge is -2.18. The summed E-state index contributed by atoms with van der Waals surface area (Å²) in [6, 6.07) is 0. The van der Waals surface area contributed by atoms with E-state index >= 15 is 0 Å². The molecule has 0 aromatic carbocycles. The molecule has 92 valence electrons. The Morgan fingerprint density at radius 3 is 2.33 bits per heavy atom. The van der Waals surface area contributed by atoms with Crippen LogP contribution in [0.25, 0.3) is 0 Å². The lowest BCUT2D eigenvalue weighted by Crippen LogP contribution is -2.29. The van der Waals surface area contributed by atoms with E-state index in [0.29, 0.717) is 13.2 Å². The van der Waals surface area contributed by atoms with Gasteiger partial charge in [-0.3, -0.25) is 0 Å². The number of hydrogen-bond acceptors (Lipinski definition) is 5. The van der Waals surface area contributed by atoms with Crippen LogP contribution >= 0.6 is 0 Å². The van der Waals surface area contributed by atoms with Crippen molar-refractivity contribution >= 4 is 0 Å². The molecule has 4 N–H and O–H groups in total. The Morgan fingerprint density at radius 2 is 1.87 bits per heavy atom. The molecule has 15 heavy (non-hydrogen) atoms. The van der Waals surface area contributed by atoms with Gasteiger partial charge in [0.1, 0.15) is 0 Å². The third-order valence-electron chi connectivity index (χ3n) is 1.91. The minimum Gasteiger partial charge on any atom is -0.391 e. The van der Waals surface area contributed by atoms with Gasteiger partial charge in [0.05, 0.1) is 38.1 Å². The van der Waals surface area contributed by atoms with Crippen molar-refractivity contribution in [1.29, 1.82) is 0 Å². The summed E-state index contributed by atoms with van der Waals surface area (Å²) in [6.45, 7) is 4.80. The molecule has 0 aliphatic rings. The van der Waals surface area contributed by atoms with Crippen LogP contribution in [0.5, 0.6) is 0 Å². The molecule has 0 saturated heterocycles. The molecule has 0 fully saturated rings. The van der Waals surface area contributed by atoms with Gasteiger partial charge in [0.15, 0.2) is 0 Å². The van der Waals surface area contributed by atoms with Gasteiger partial charge < -0.3 is 25.4 Å². The van der Waals surface area contributed by atoms with Gasteiger partial charge >= 0.3 is 0 Å². The van der Waals surface area contributed by atoms with Gasteiger partial charge in [0, 0.05) is 6.54 Å². The number of nitrogens with two attached hydrogens (primary N) is 1. The molecule has 0 spiro atoms. The maximum absolute atomic E-state index is 9.13. The van der Waals surface area contributed by atoms with E-state index in [-0.39, 0.29) is 19.3 Å². The van der Waals surface area contributed by atoms with Crippen LogP contribution in [-0.2, 0) is 9.47 Å². The average Bonchev–Trinajstić information content (AvgIpc) is 2.22. The minimum atomic E-state index is -0.612. The fourth-order valence-electron chi connectivity index (χ4n) is 0.963. The van der Waals surface area contributed by atoms with Gasteiger partial charge in [-0.25, -0.2) is 0 Å². The highest BCUT2D eigenvalue weighted by Crippen LogP contribution is 2.00. The van der Waals surface area contributed by atoms with Gasteiger partial charge in [0.25, 0.3) is 0 Å². The van der Waals surface area contributed by atoms with Crippen LogP contribution in [0.15, 0.2) is 0 Å². The standard InChI is InChI=1S/C10H23NO4/c1-3-10(15-5-8(2)12)7-14-6-9(13)4-11/h8-10,12-13H,3-7,11H2,1-2H3. The smallest absolute Gasteiger partial charge is 0.0895 e. The van der Waals surface area contributed by atoms with E-state index < -0.39 is 12.2 Å². The number of aliphatic hydroxyl groups excluding tert-OH is 2. The summed E-state index contributed by atoms with van der Waals surface area (Å²) >= 11 is 0. The van der Waals surface area contributed by atoms with Crippen molar-refractivity contribution < 1.29 is 19.7 Å².